The number of alkyl halides is 1. The van der Waals surface area contributed by atoms with Crippen LogP contribution in [0.25, 0.3) is 0 Å². The fourth-order valence-electron chi connectivity index (χ4n) is 0.735. The van der Waals surface area contributed by atoms with Crippen molar-refractivity contribution in [3.05, 3.63) is 24.3 Å². The second kappa shape index (κ2) is 3.97. The summed E-state index contributed by atoms with van der Waals surface area (Å²) in [6.07, 6.45) is 0. The zero-order valence-electron chi connectivity index (χ0n) is 6.60. The lowest BCUT2D eigenvalue weighted by atomic mass is 10.3. The molecule has 0 saturated heterocycles. The minimum atomic E-state index is -3.53. The van der Waals surface area contributed by atoms with Crippen molar-refractivity contribution in [2.75, 3.05) is 10.4 Å². The first-order valence-corrected chi connectivity index (χ1v) is 6.07. The lowest BCUT2D eigenvalue weighted by Gasteiger charge is -2.03. The van der Waals surface area contributed by atoms with Gasteiger partial charge in [0.25, 0.3) is 0 Å². The third kappa shape index (κ3) is 3.23. The van der Waals surface area contributed by atoms with Crippen LogP contribution in [0.5, 0.6) is 5.75 Å². The quantitative estimate of drug-likeness (QED) is 0.509. The summed E-state index contributed by atoms with van der Waals surface area (Å²) in [5.74, 6) is 0.222. The standard InChI is InChI=1S/C7H8BrNO3S/c8-5-13(10,11)12-7-3-1-2-6(9)4-7/h1-4H,5,9H2. The Morgan fingerprint density at radius 3 is 2.69 bits per heavy atom. The molecule has 0 saturated carbocycles. The topological polar surface area (TPSA) is 69.4 Å². The highest BCUT2D eigenvalue weighted by atomic mass is 79.9. The highest BCUT2D eigenvalue weighted by Crippen LogP contribution is 2.17. The first-order chi connectivity index (χ1) is 6.03. The van der Waals surface area contributed by atoms with Gasteiger partial charge in [0, 0.05) is 11.8 Å². The molecular weight excluding hydrogens is 258 g/mol. The molecule has 0 heterocycles. The van der Waals surface area contributed by atoms with Crippen molar-refractivity contribution in [2.45, 2.75) is 0 Å². The van der Waals surface area contributed by atoms with Crippen molar-refractivity contribution >= 4 is 31.7 Å². The number of anilines is 1. The lowest BCUT2D eigenvalue weighted by molar-refractivity contribution is 0.492. The molecule has 13 heavy (non-hydrogen) atoms. The average Bonchev–Trinajstić information content (AvgIpc) is 2.03. The lowest BCUT2D eigenvalue weighted by Crippen LogP contribution is -2.09. The molecule has 0 aliphatic carbocycles. The van der Waals surface area contributed by atoms with Gasteiger partial charge in [-0.2, -0.15) is 8.42 Å². The van der Waals surface area contributed by atoms with Gasteiger partial charge in [0.05, 0.1) is 0 Å². The Bertz CT molecular complexity index is 390. The van der Waals surface area contributed by atoms with E-state index in [4.69, 9.17) is 5.73 Å². The van der Waals surface area contributed by atoms with Crippen molar-refractivity contribution in [1.29, 1.82) is 0 Å². The van der Waals surface area contributed by atoms with Crippen LogP contribution in [0.4, 0.5) is 5.69 Å². The molecule has 0 fully saturated rings. The Morgan fingerprint density at radius 2 is 2.15 bits per heavy atom. The summed E-state index contributed by atoms with van der Waals surface area (Å²) in [7, 11) is -3.53. The van der Waals surface area contributed by atoms with E-state index < -0.39 is 10.1 Å². The van der Waals surface area contributed by atoms with E-state index in [1.54, 1.807) is 12.1 Å². The molecule has 0 unspecified atom stereocenters. The molecule has 72 valence electrons. The molecular formula is C7H8BrNO3S. The van der Waals surface area contributed by atoms with Gasteiger partial charge in [-0.1, -0.05) is 22.0 Å². The monoisotopic (exact) mass is 265 g/mol. The number of hydrogen-bond acceptors (Lipinski definition) is 4. The van der Waals surface area contributed by atoms with E-state index in [-0.39, 0.29) is 10.4 Å². The molecule has 0 aliphatic rings. The van der Waals surface area contributed by atoms with Crippen LogP contribution in [-0.4, -0.2) is 13.1 Å². The molecule has 0 amide bonds. The Balaban J connectivity index is 2.87. The molecule has 0 atom stereocenters. The second-order valence-corrected chi connectivity index (χ2v) is 5.20. The van der Waals surface area contributed by atoms with Crippen molar-refractivity contribution in [3.8, 4) is 5.75 Å². The van der Waals surface area contributed by atoms with Gasteiger partial charge in [-0.15, -0.1) is 0 Å². The summed E-state index contributed by atoms with van der Waals surface area (Å²) in [4.78, 5) is 0. The van der Waals surface area contributed by atoms with Crippen LogP contribution in [-0.2, 0) is 10.1 Å². The number of nitrogen functional groups attached to an aromatic ring is 1. The Morgan fingerprint density at radius 1 is 1.46 bits per heavy atom. The first kappa shape index (κ1) is 10.3. The zero-order chi connectivity index (χ0) is 9.90. The molecule has 0 aromatic heterocycles. The average molecular weight is 266 g/mol. The maximum absolute atomic E-state index is 11.0. The maximum Gasteiger partial charge on any atom is 0.319 e. The molecule has 0 radical (unpaired) electrons. The summed E-state index contributed by atoms with van der Waals surface area (Å²) >= 11 is 2.80. The molecule has 6 heteroatoms. The van der Waals surface area contributed by atoms with Crippen LogP contribution < -0.4 is 9.92 Å². The number of halogens is 1. The predicted molar refractivity (Wildman–Crippen MR) is 54.2 cm³/mol. The fourth-order valence-corrected chi connectivity index (χ4v) is 1.46. The van der Waals surface area contributed by atoms with E-state index in [0.29, 0.717) is 5.69 Å². The summed E-state index contributed by atoms with van der Waals surface area (Å²) in [5, 5.41) is 0. The second-order valence-electron chi connectivity index (χ2n) is 2.32. The molecule has 1 aromatic carbocycles. The molecule has 1 aromatic rings. The van der Waals surface area contributed by atoms with Gasteiger partial charge in [-0.25, -0.2) is 0 Å². The van der Waals surface area contributed by atoms with Gasteiger partial charge < -0.3 is 9.92 Å². The van der Waals surface area contributed by atoms with Crippen LogP contribution in [0.15, 0.2) is 24.3 Å². The van der Waals surface area contributed by atoms with E-state index in [1.807, 2.05) is 0 Å². The number of nitrogens with two attached hydrogens (primary N) is 1. The van der Waals surface area contributed by atoms with Crippen molar-refractivity contribution in [3.63, 3.8) is 0 Å². The van der Waals surface area contributed by atoms with Crippen molar-refractivity contribution < 1.29 is 12.6 Å². The maximum atomic E-state index is 11.0. The van der Waals surface area contributed by atoms with Gasteiger partial charge >= 0.3 is 10.1 Å². The third-order valence-corrected chi connectivity index (χ3v) is 3.61. The van der Waals surface area contributed by atoms with Gasteiger partial charge in [-0.3, -0.25) is 0 Å². The summed E-state index contributed by atoms with van der Waals surface area (Å²) < 4.78 is 26.4. The summed E-state index contributed by atoms with van der Waals surface area (Å²) in [6, 6.07) is 6.23. The van der Waals surface area contributed by atoms with Gasteiger partial charge in [0.15, 0.2) is 0 Å². The fraction of sp³-hybridized carbons (Fsp3) is 0.143. The van der Waals surface area contributed by atoms with Crippen LogP contribution in [0.2, 0.25) is 0 Å². The third-order valence-electron chi connectivity index (χ3n) is 1.21. The van der Waals surface area contributed by atoms with E-state index in [1.165, 1.54) is 12.1 Å². The first-order valence-electron chi connectivity index (χ1n) is 3.37. The van der Waals surface area contributed by atoms with E-state index in [9.17, 15) is 8.42 Å². The molecule has 4 nitrogen and oxygen atoms in total. The molecule has 0 bridgehead atoms. The van der Waals surface area contributed by atoms with Crippen LogP contribution in [0.3, 0.4) is 0 Å². The van der Waals surface area contributed by atoms with Gasteiger partial charge in [-0.05, 0) is 12.1 Å². The normalized spacial score (nSPS) is 11.2. The van der Waals surface area contributed by atoms with Crippen LogP contribution >= 0.6 is 15.9 Å². The van der Waals surface area contributed by atoms with Crippen molar-refractivity contribution in [1.82, 2.24) is 0 Å². The van der Waals surface area contributed by atoms with E-state index in [2.05, 4.69) is 20.1 Å². The predicted octanol–water partition coefficient (Wildman–Crippen LogP) is 1.33. The Labute approximate surface area is 85.0 Å². The SMILES string of the molecule is Nc1cccc(OS(=O)(=O)CBr)c1. The number of benzene rings is 1. The van der Waals surface area contributed by atoms with Gasteiger partial charge in [0.2, 0.25) is 0 Å². The van der Waals surface area contributed by atoms with Gasteiger partial charge in [0.1, 0.15) is 10.4 Å². The van der Waals surface area contributed by atoms with E-state index >= 15 is 0 Å². The molecule has 2 N–H and O–H groups in total. The molecule has 0 spiro atoms. The number of hydrogen-bond donors (Lipinski definition) is 1. The Kier molecular flexibility index (Phi) is 3.16. The van der Waals surface area contributed by atoms with Crippen molar-refractivity contribution in [2.24, 2.45) is 0 Å². The largest absolute Gasteiger partial charge is 0.399 e. The Hall–Kier alpha value is -0.750. The smallest absolute Gasteiger partial charge is 0.319 e. The van der Waals surface area contributed by atoms with Crippen LogP contribution in [0, 0.1) is 0 Å². The highest BCUT2D eigenvalue weighted by molar-refractivity contribution is 9.10. The zero-order valence-corrected chi connectivity index (χ0v) is 9.01. The van der Waals surface area contributed by atoms with E-state index in [0.717, 1.165) is 0 Å². The molecule has 1 rings (SSSR count). The highest BCUT2D eigenvalue weighted by Gasteiger charge is 2.09. The summed E-state index contributed by atoms with van der Waals surface area (Å²) in [6.45, 7) is 0. The minimum absolute atomic E-state index is 0.222. The summed E-state index contributed by atoms with van der Waals surface area (Å²) in [5.41, 5.74) is 5.89. The van der Waals surface area contributed by atoms with Crippen LogP contribution in [0.1, 0.15) is 0 Å². The minimum Gasteiger partial charge on any atom is -0.399 e. The number of rotatable bonds is 3. The molecule has 0 aliphatic heterocycles.